The van der Waals surface area contributed by atoms with E-state index in [0.717, 1.165) is 11.3 Å². The van der Waals surface area contributed by atoms with Crippen LogP contribution in [0.5, 0.6) is 5.75 Å². The summed E-state index contributed by atoms with van der Waals surface area (Å²) in [4.78, 5) is 0. The second kappa shape index (κ2) is 6.07. The van der Waals surface area contributed by atoms with Crippen molar-refractivity contribution < 1.29 is 17.9 Å². The van der Waals surface area contributed by atoms with Crippen LogP contribution in [0.1, 0.15) is 25.5 Å². The molecule has 1 aromatic carbocycles. The molecule has 0 amide bonds. The van der Waals surface area contributed by atoms with Gasteiger partial charge in [-0.2, -0.15) is 5.10 Å². The van der Waals surface area contributed by atoms with E-state index in [9.17, 15) is 13.2 Å². The Morgan fingerprint density at radius 3 is 2.43 bits per heavy atom. The van der Waals surface area contributed by atoms with Gasteiger partial charge >= 0.3 is 6.36 Å². The van der Waals surface area contributed by atoms with Crippen molar-refractivity contribution in [2.75, 3.05) is 5.32 Å². The predicted octanol–water partition coefficient (Wildman–Crippen LogP) is 3.97. The highest BCUT2D eigenvalue weighted by Crippen LogP contribution is 2.23. The molecule has 0 bridgehead atoms. The Morgan fingerprint density at radius 1 is 1.24 bits per heavy atom. The van der Waals surface area contributed by atoms with Crippen molar-refractivity contribution in [2.24, 2.45) is 0 Å². The summed E-state index contributed by atoms with van der Waals surface area (Å²) in [5, 5.41) is 7.35. The quantitative estimate of drug-likeness (QED) is 0.908. The summed E-state index contributed by atoms with van der Waals surface area (Å²) in [6.45, 7) is 4.54. The number of rotatable bonds is 5. The van der Waals surface area contributed by atoms with Gasteiger partial charge in [-0.05, 0) is 31.5 Å². The lowest BCUT2D eigenvalue weighted by atomic mass is 10.2. The molecular formula is C14H16F3N3O. The van der Waals surface area contributed by atoms with Crippen LogP contribution in [-0.4, -0.2) is 16.1 Å². The van der Waals surface area contributed by atoms with Gasteiger partial charge in [0.1, 0.15) is 5.75 Å². The van der Waals surface area contributed by atoms with Gasteiger partial charge in [0.25, 0.3) is 0 Å². The number of anilines is 1. The minimum absolute atomic E-state index is 0.223. The molecule has 1 N–H and O–H groups in total. The van der Waals surface area contributed by atoms with E-state index in [0.29, 0.717) is 6.54 Å². The summed E-state index contributed by atoms with van der Waals surface area (Å²) < 4.78 is 41.7. The van der Waals surface area contributed by atoms with Gasteiger partial charge in [0, 0.05) is 18.8 Å². The number of aromatic nitrogens is 2. The van der Waals surface area contributed by atoms with E-state index >= 15 is 0 Å². The third kappa shape index (κ3) is 4.70. The molecule has 0 atom stereocenters. The molecule has 0 aliphatic carbocycles. The first-order valence-electron chi connectivity index (χ1n) is 6.46. The number of halogens is 3. The number of benzene rings is 1. The summed E-state index contributed by atoms with van der Waals surface area (Å²) in [5.41, 5.74) is 1.71. The fourth-order valence-corrected chi connectivity index (χ4v) is 1.72. The third-order valence-corrected chi connectivity index (χ3v) is 2.78. The van der Waals surface area contributed by atoms with E-state index in [2.05, 4.69) is 15.2 Å². The molecule has 0 saturated heterocycles. The Morgan fingerprint density at radius 2 is 1.90 bits per heavy atom. The highest BCUT2D eigenvalue weighted by Gasteiger charge is 2.30. The van der Waals surface area contributed by atoms with Crippen molar-refractivity contribution in [2.45, 2.75) is 32.8 Å². The molecule has 7 heteroatoms. The average Bonchev–Trinajstić information content (AvgIpc) is 2.85. The van der Waals surface area contributed by atoms with Gasteiger partial charge in [-0.3, -0.25) is 4.68 Å². The van der Waals surface area contributed by atoms with Gasteiger partial charge in [0.15, 0.2) is 0 Å². The maximum atomic E-state index is 12.0. The van der Waals surface area contributed by atoms with E-state index < -0.39 is 6.36 Å². The maximum Gasteiger partial charge on any atom is 0.573 e. The number of ether oxygens (including phenoxy) is 1. The van der Waals surface area contributed by atoms with Crippen molar-refractivity contribution >= 4 is 5.69 Å². The first kappa shape index (κ1) is 15.2. The first-order chi connectivity index (χ1) is 9.83. The van der Waals surface area contributed by atoms with Gasteiger partial charge in [-0.15, -0.1) is 13.2 Å². The standard InChI is InChI=1S/C14H16F3N3O/c1-10(2)20-9-12(8-19-20)18-7-11-3-5-13(6-4-11)21-14(15,16)17/h3-6,8-10,18H,7H2,1-2H3. The fraction of sp³-hybridized carbons (Fsp3) is 0.357. The molecule has 0 saturated carbocycles. The van der Waals surface area contributed by atoms with Crippen LogP contribution in [0.15, 0.2) is 36.7 Å². The molecule has 21 heavy (non-hydrogen) atoms. The van der Waals surface area contributed by atoms with Crippen LogP contribution in [0, 0.1) is 0 Å². The molecule has 0 radical (unpaired) electrons. The molecular weight excluding hydrogens is 283 g/mol. The first-order valence-corrected chi connectivity index (χ1v) is 6.46. The molecule has 0 unspecified atom stereocenters. The molecule has 4 nitrogen and oxygen atoms in total. The van der Waals surface area contributed by atoms with Crippen LogP contribution < -0.4 is 10.1 Å². The fourth-order valence-electron chi connectivity index (χ4n) is 1.72. The topological polar surface area (TPSA) is 39.1 Å². The molecule has 0 aliphatic heterocycles. The Bertz CT molecular complexity index is 576. The zero-order valence-corrected chi connectivity index (χ0v) is 11.7. The van der Waals surface area contributed by atoms with Gasteiger partial charge in [-0.25, -0.2) is 0 Å². The zero-order valence-electron chi connectivity index (χ0n) is 11.7. The van der Waals surface area contributed by atoms with Gasteiger partial charge in [-0.1, -0.05) is 12.1 Å². The van der Waals surface area contributed by atoms with E-state index in [1.807, 2.05) is 24.7 Å². The number of nitrogens with one attached hydrogen (secondary N) is 1. The second-order valence-corrected chi connectivity index (χ2v) is 4.85. The predicted molar refractivity (Wildman–Crippen MR) is 73.1 cm³/mol. The SMILES string of the molecule is CC(C)n1cc(NCc2ccc(OC(F)(F)F)cc2)cn1. The smallest absolute Gasteiger partial charge is 0.406 e. The second-order valence-electron chi connectivity index (χ2n) is 4.85. The lowest BCUT2D eigenvalue weighted by Crippen LogP contribution is -2.17. The van der Waals surface area contributed by atoms with Crippen LogP contribution in [0.4, 0.5) is 18.9 Å². The number of hydrogen-bond donors (Lipinski definition) is 1. The number of nitrogens with zero attached hydrogens (tertiary/aromatic N) is 2. The van der Waals surface area contributed by atoms with Gasteiger partial charge in [0.05, 0.1) is 11.9 Å². The molecule has 1 aromatic heterocycles. The summed E-state index contributed by atoms with van der Waals surface area (Å²) in [7, 11) is 0. The summed E-state index contributed by atoms with van der Waals surface area (Å²) in [6, 6.07) is 6.03. The van der Waals surface area contributed by atoms with E-state index in [1.165, 1.54) is 12.1 Å². The van der Waals surface area contributed by atoms with E-state index in [1.54, 1.807) is 18.3 Å². The lowest BCUT2D eigenvalue weighted by Gasteiger charge is -2.09. The Kier molecular flexibility index (Phi) is 4.40. The van der Waals surface area contributed by atoms with Crippen LogP contribution in [0.3, 0.4) is 0 Å². The van der Waals surface area contributed by atoms with Crippen molar-refractivity contribution in [3.63, 3.8) is 0 Å². The van der Waals surface area contributed by atoms with Gasteiger partial charge < -0.3 is 10.1 Å². The lowest BCUT2D eigenvalue weighted by molar-refractivity contribution is -0.274. The highest BCUT2D eigenvalue weighted by atomic mass is 19.4. The van der Waals surface area contributed by atoms with Crippen LogP contribution in [0.25, 0.3) is 0 Å². The van der Waals surface area contributed by atoms with Crippen molar-refractivity contribution in [3.8, 4) is 5.75 Å². The van der Waals surface area contributed by atoms with E-state index in [4.69, 9.17) is 0 Å². The molecule has 2 aromatic rings. The Hall–Kier alpha value is -2.18. The molecule has 0 spiro atoms. The molecule has 0 fully saturated rings. The highest BCUT2D eigenvalue weighted by molar-refractivity contribution is 5.40. The average molecular weight is 299 g/mol. The monoisotopic (exact) mass is 299 g/mol. The minimum atomic E-state index is -4.66. The molecule has 0 aliphatic rings. The van der Waals surface area contributed by atoms with Crippen LogP contribution in [-0.2, 0) is 6.54 Å². The largest absolute Gasteiger partial charge is 0.573 e. The number of alkyl halides is 3. The summed E-state index contributed by atoms with van der Waals surface area (Å²) in [5.74, 6) is -0.223. The normalized spacial score (nSPS) is 11.7. The van der Waals surface area contributed by atoms with Crippen molar-refractivity contribution in [1.82, 2.24) is 9.78 Å². The van der Waals surface area contributed by atoms with E-state index in [-0.39, 0.29) is 11.8 Å². The van der Waals surface area contributed by atoms with Crippen LogP contribution in [0.2, 0.25) is 0 Å². The molecule has 1 heterocycles. The minimum Gasteiger partial charge on any atom is -0.406 e. The van der Waals surface area contributed by atoms with Crippen LogP contribution >= 0.6 is 0 Å². The molecule has 114 valence electrons. The van der Waals surface area contributed by atoms with Crippen molar-refractivity contribution in [3.05, 3.63) is 42.2 Å². The third-order valence-electron chi connectivity index (χ3n) is 2.78. The Labute approximate surface area is 120 Å². The number of hydrogen-bond acceptors (Lipinski definition) is 3. The van der Waals surface area contributed by atoms with Gasteiger partial charge in [0.2, 0.25) is 0 Å². The maximum absolute atomic E-state index is 12.0. The summed E-state index contributed by atoms with van der Waals surface area (Å²) >= 11 is 0. The van der Waals surface area contributed by atoms with Crippen molar-refractivity contribution in [1.29, 1.82) is 0 Å². The zero-order chi connectivity index (χ0) is 15.5. The summed E-state index contributed by atoms with van der Waals surface area (Å²) in [6.07, 6.45) is -1.07. The Balaban J connectivity index is 1.91. The molecule has 2 rings (SSSR count).